The van der Waals surface area contributed by atoms with Gasteiger partial charge in [-0.15, -0.1) is 0 Å². The van der Waals surface area contributed by atoms with Gasteiger partial charge in [0.15, 0.2) is 0 Å². The Morgan fingerprint density at radius 1 is 0.909 bits per heavy atom. The third-order valence-electron chi connectivity index (χ3n) is 6.47. The summed E-state index contributed by atoms with van der Waals surface area (Å²) in [5.41, 5.74) is 3.67. The molecule has 2 aromatic rings. The number of anilines is 3. The van der Waals surface area contributed by atoms with E-state index in [9.17, 15) is 14.4 Å². The van der Waals surface area contributed by atoms with Crippen molar-refractivity contribution < 1.29 is 14.4 Å². The van der Waals surface area contributed by atoms with Crippen molar-refractivity contribution in [3.63, 3.8) is 0 Å². The average molecular weight is 449 g/mol. The lowest BCUT2D eigenvalue weighted by Gasteiger charge is -2.30. The highest BCUT2D eigenvalue weighted by Gasteiger charge is 2.30. The highest BCUT2D eigenvalue weighted by atomic mass is 16.2. The fourth-order valence-electron chi connectivity index (χ4n) is 3.99. The first-order valence-electron chi connectivity index (χ1n) is 11.7. The topological polar surface area (TPSA) is 90.5 Å². The average Bonchev–Trinajstić information content (AvgIpc) is 3.66. The first kappa shape index (κ1) is 22.8. The van der Waals surface area contributed by atoms with Crippen LogP contribution in [0.3, 0.4) is 0 Å². The highest BCUT2D eigenvalue weighted by Crippen LogP contribution is 2.31. The van der Waals surface area contributed by atoms with Crippen molar-refractivity contribution in [2.75, 3.05) is 35.6 Å². The van der Waals surface area contributed by atoms with Gasteiger partial charge in [-0.3, -0.25) is 14.4 Å². The van der Waals surface area contributed by atoms with Gasteiger partial charge in [-0.25, -0.2) is 0 Å². The molecule has 0 radical (unpaired) electrons. The van der Waals surface area contributed by atoms with Crippen molar-refractivity contribution in [2.24, 2.45) is 11.8 Å². The number of carbonyl (C=O) groups is 3. The summed E-state index contributed by atoms with van der Waals surface area (Å²) in [4.78, 5) is 39.1. The zero-order chi connectivity index (χ0) is 23.4. The third-order valence-corrected chi connectivity index (χ3v) is 6.47. The smallest absolute Gasteiger partial charge is 0.253 e. The van der Waals surface area contributed by atoms with E-state index in [-0.39, 0.29) is 30.2 Å². The summed E-state index contributed by atoms with van der Waals surface area (Å²) in [6.07, 6.45) is 3.99. The van der Waals surface area contributed by atoms with E-state index in [0.29, 0.717) is 17.2 Å². The highest BCUT2D eigenvalue weighted by molar-refractivity contribution is 5.98. The van der Waals surface area contributed by atoms with Gasteiger partial charge in [-0.2, -0.15) is 0 Å². The Hall–Kier alpha value is -3.35. The lowest BCUT2D eigenvalue weighted by atomic mass is 9.98. The summed E-state index contributed by atoms with van der Waals surface area (Å²) < 4.78 is 0. The summed E-state index contributed by atoms with van der Waals surface area (Å²) in [6.45, 7) is 5.82. The van der Waals surface area contributed by atoms with Crippen LogP contribution in [0.4, 0.5) is 17.1 Å². The van der Waals surface area contributed by atoms with Crippen LogP contribution in [0.15, 0.2) is 42.5 Å². The van der Waals surface area contributed by atoms with Crippen LogP contribution < -0.4 is 16.0 Å². The SMILES string of the molecule is Cc1c(NC(=O)CNc2ccc(C(=O)N3CCC(C)CC3)cc2)cccc1NC(=O)C1CC1. The van der Waals surface area contributed by atoms with Crippen LogP contribution in [0.5, 0.6) is 0 Å². The molecule has 1 saturated carbocycles. The van der Waals surface area contributed by atoms with Gasteiger partial charge < -0.3 is 20.9 Å². The van der Waals surface area contributed by atoms with Crippen LogP contribution in [-0.2, 0) is 9.59 Å². The maximum atomic E-state index is 12.7. The Balaban J connectivity index is 1.28. The number of piperidine rings is 1. The molecule has 3 amide bonds. The summed E-state index contributed by atoms with van der Waals surface area (Å²) in [5, 5.41) is 8.95. The first-order valence-corrected chi connectivity index (χ1v) is 11.7. The minimum absolute atomic E-state index is 0.0417. The number of nitrogens with one attached hydrogen (secondary N) is 3. The summed E-state index contributed by atoms with van der Waals surface area (Å²) in [5.74, 6) is 0.721. The van der Waals surface area contributed by atoms with E-state index in [4.69, 9.17) is 0 Å². The third kappa shape index (κ3) is 5.92. The van der Waals surface area contributed by atoms with E-state index in [1.807, 2.05) is 42.2 Å². The van der Waals surface area contributed by atoms with Crippen molar-refractivity contribution in [1.82, 2.24) is 4.90 Å². The van der Waals surface area contributed by atoms with Crippen LogP contribution in [0.25, 0.3) is 0 Å². The number of rotatable bonds is 7. The maximum Gasteiger partial charge on any atom is 0.253 e. The standard InChI is InChI=1S/C26H32N4O3/c1-17-12-14-30(15-13-17)26(33)20-8-10-21(11-9-20)27-16-24(31)28-22-4-3-5-23(18(22)2)29-25(32)19-6-7-19/h3-5,8-11,17,19,27H,6-7,12-16H2,1-2H3,(H,28,31)(H,29,32). The predicted octanol–water partition coefficient (Wildman–Crippen LogP) is 4.27. The second-order valence-corrected chi connectivity index (χ2v) is 9.20. The lowest BCUT2D eigenvalue weighted by Crippen LogP contribution is -2.37. The van der Waals surface area contributed by atoms with Crippen LogP contribution in [0, 0.1) is 18.8 Å². The lowest BCUT2D eigenvalue weighted by molar-refractivity contribution is -0.117. The number of carbonyl (C=O) groups excluding carboxylic acids is 3. The Morgan fingerprint density at radius 3 is 2.18 bits per heavy atom. The van der Waals surface area contributed by atoms with Crippen molar-refractivity contribution in [2.45, 2.75) is 39.5 Å². The van der Waals surface area contributed by atoms with Crippen LogP contribution in [0.2, 0.25) is 0 Å². The van der Waals surface area contributed by atoms with Gasteiger partial charge in [0, 0.05) is 41.6 Å². The Kier molecular flexibility index (Phi) is 6.96. The molecule has 2 aliphatic rings. The van der Waals surface area contributed by atoms with E-state index < -0.39 is 0 Å². The second kappa shape index (κ2) is 10.1. The Labute approximate surface area is 194 Å². The molecule has 1 heterocycles. The minimum Gasteiger partial charge on any atom is -0.376 e. The van der Waals surface area contributed by atoms with Gasteiger partial charge >= 0.3 is 0 Å². The molecule has 0 spiro atoms. The molecule has 1 aliphatic carbocycles. The van der Waals surface area contributed by atoms with Crippen molar-refractivity contribution in [3.8, 4) is 0 Å². The molecule has 0 bridgehead atoms. The van der Waals surface area contributed by atoms with Gasteiger partial charge in [-0.1, -0.05) is 13.0 Å². The van der Waals surface area contributed by atoms with E-state index in [0.717, 1.165) is 55.7 Å². The number of nitrogens with zero attached hydrogens (tertiary/aromatic N) is 1. The van der Waals surface area contributed by atoms with Gasteiger partial charge in [0.25, 0.3) is 5.91 Å². The molecule has 0 unspecified atom stereocenters. The van der Waals surface area contributed by atoms with E-state index in [1.165, 1.54) is 0 Å². The number of likely N-dealkylation sites (tertiary alicyclic amines) is 1. The van der Waals surface area contributed by atoms with E-state index in [1.54, 1.807) is 12.1 Å². The minimum atomic E-state index is -0.189. The van der Waals surface area contributed by atoms with Gasteiger partial charge in [0.05, 0.1) is 6.54 Å². The number of hydrogen-bond acceptors (Lipinski definition) is 4. The van der Waals surface area contributed by atoms with Gasteiger partial charge in [-0.05, 0) is 80.5 Å². The largest absolute Gasteiger partial charge is 0.376 e. The van der Waals surface area contributed by atoms with Crippen LogP contribution in [0.1, 0.15) is 48.5 Å². The molecule has 7 heteroatoms. The molecule has 1 aliphatic heterocycles. The fraction of sp³-hybridized carbons (Fsp3) is 0.423. The van der Waals surface area contributed by atoms with Crippen molar-refractivity contribution >= 4 is 34.8 Å². The van der Waals surface area contributed by atoms with E-state index in [2.05, 4.69) is 22.9 Å². The molecular formula is C26H32N4O3. The zero-order valence-corrected chi connectivity index (χ0v) is 19.3. The summed E-state index contributed by atoms with van der Waals surface area (Å²) in [7, 11) is 0. The quantitative estimate of drug-likeness (QED) is 0.590. The monoisotopic (exact) mass is 448 g/mol. The summed E-state index contributed by atoms with van der Waals surface area (Å²) in [6, 6.07) is 12.7. The van der Waals surface area contributed by atoms with Crippen molar-refractivity contribution in [1.29, 1.82) is 0 Å². The molecule has 174 valence electrons. The van der Waals surface area contributed by atoms with Crippen molar-refractivity contribution in [3.05, 3.63) is 53.6 Å². The molecule has 33 heavy (non-hydrogen) atoms. The zero-order valence-electron chi connectivity index (χ0n) is 19.3. The molecule has 2 aromatic carbocycles. The molecule has 2 fully saturated rings. The fourth-order valence-corrected chi connectivity index (χ4v) is 3.99. The van der Waals surface area contributed by atoms with E-state index >= 15 is 0 Å². The number of hydrogen-bond donors (Lipinski definition) is 3. The molecular weight excluding hydrogens is 416 g/mol. The molecule has 0 aromatic heterocycles. The molecule has 4 rings (SSSR count). The first-order chi connectivity index (χ1) is 15.9. The Morgan fingerprint density at radius 2 is 1.55 bits per heavy atom. The van der Waals surface area contributed by atoms with Gasteiger partial charge in [0.2, 0.25) is 11.8 Å². The molecule has 1 saturated heterocycles. The normalized spacial score (nSPS) is 16.2. The number of amides is 3. The van der Waals surface area contributed by atoms with Gasteiger partial charge in [0.1, 0.15) is 0 Å². The van der Waals surface area contributed by atoms with Crippen LogP contribution >= 0.6 is 0 Å². The molecule has 0 atom stereocenters. The molecule has 3 N–H and O–H groups in total. The Bertz CT molecular complexity index is 1020. The maximum absolute atomic E-state index is 12.7. The van der Waals surface area contributed by atoms with Crippen LogP contribution in [-0.4, -0.2) is 42.3 Å². The summed E-state index contributed by atoms with van der Waals surface area (Å²) >= 11 is 0. The second-order valence-electron chi connectivity index (χ2n) is 9.20. The number of benzene rings is 2. The predicted molar refractivity (Wildman–Crippen MR) is 130 cm³/mol. The molecule has 7 nitrogen and oxygen atoms in total.